The summed E-state index contributed by atoms with van der Waals surface area (Å²) < 4.78 is 84.4. The lowest BCUT2D eigenvalue weighted by Gasteiger charge is -2.12. The van der Waals surface area contributed by atoms with Crippen molar-refractivity contribution < 1.29 is 30.8 Å². The molecule has 0 amide bonds. The van der Waals surface area contributed by atoms with Crippen LogP contribution in [0, 0.1) is 0 Å². The Hall–Kier alpha value is -1.88. The van der Waals surface area contributed by atoms with Gasteiger partial charge >= 0.3 is 12.4 Å². The number of hydrogen-bond acceptors (Lipinski definition) is 3. The maximum absolute atomic E-state index is 13.0. The van der Waals surface area contributed by atoms with Crippen molar-refractivity contribution in [2.75, 3.05) is 0 Å². The molecular formula is C16H6Br2F6N2O. The second kappa shape index (κ2) is 6.93. The zero-order valence-electron chi connectivity index (χ0n) is 12.8. The summed E-state index contributed by atoms with van der Waals surface area (Å²) in [5.41, 5.74) is -2.99. The Bertz CT molecular complexity index is 965. The Morgan fingerprint density at radius 3 is 1.85 bits per heavy atom. The van der Waals surface area contributed by atoms with Gasteiger partial charge in [-0.05, 0) is 52.3 Å². The summed E-state index contributed by atoms with van der Waals surface area (Å²) in [4.78, 5) is 0. The number of rotatable bonds is 2. The lowest BCUT2D eigenvalue weighted by Crippen LogP contribution is -2.11. The van der Waals surface area contributed by atoms with E-state index in [4.69, 9.17) is 4.42 Å². The molecule has 0 fully saturated rings. The van der Waals surface area contributed by atoms with Gasteiger partial charge in [0.25, 0.3) is 0 Å². The van der Waals surface area contributed by atoms with Crippen LogP contribution in [0.15, 0.2) is 49.8 Å². The van der Waals surface area contributed by atoms with Crippen LogP contribution < -0.4 is 0 Å². The zero-order chi connectivity index (χ0) is 20.0. The van der Waals surface area contributed by atoms with Crippen LogP contribution in [0.25, 0.3) is 22.9 Å². The average Bonchev–Trinajstić information content (AvgIpc) is 3.05. The van der Waals surface area contributed by atoms with Crippen LogP contribution in [0.1, 0.15) is 11.1 Å². The Balaban J connectivity index is 2.12. The predicted molar refractivity (Wildman–Crippen MR) is 90.6 cm³/mol. The molecule has 0 saturated heterocycles. The smallest absolute Gasteiger partial charge is 0.416 e. The van der Waals surface area contributed by atoms with Crippen molar-refractivity contribution in [1.82, 2.24) is 10.2 Å². The molecule has 0 spiro atoms. The van der Waals surface area contributed by atoms with Gasteiger partial charge in [0.05, 0.1) is 16.7 Å². The molecule has 0 aliphatic carbocycles. The van der Waals surface area contributed by atoms with Gasteiger partial charge in [0.1, 0.15) is 0 Å². The molecule has 1 aromatic heterocycles. The fourth-order valence-corrected chi connectivity index (χ4v) is 2.97. The van der Waals surface area contributed by atoms with Gasteiger partial charge < -0.3 is 4.42 Å². The molecule has 3 aromatic rings. The van der Waals surface area contributed by atoms with Gasteiger partial charge in [-0.1, -0.05) is 15.9 Å². The first-order valence-corrected chi connectivity index (χ1v) is 8.62. The Kier molecular flexibility index (Phi) is 5.10. The van der Waals surface area contributed by atoms with Crippen molar-refractivity contribution in [1.29, 1.82) is 0 Å². The lowest BCUT2D eigenvalue weighted by molar-refractivity contribution is -0.143. The molecule has 1 heterocycles. The highest BCUT2D eigenvalue weighted by Crippen LogP contribution is 2.39. The van der Waals surface area contributed by atoms with Gasteiger partial charge in [-0.15, -0.1) is 10.2 Å². The third-order valence-electron chi connectivity index (χ3n) is 3.42. The first-order chi connectivity index (χ1) is 12.4. The van der Waals surface area contributed by atoms with Gasteiger partial charge in [0.2, 0.25) is 11.8 Å². The Labute approximate surface area is 164 Å². The van der Waals surface area contributed by atoms with Crippen LogP contribution in [-0.4, -0.2) is 10.2 Å². The van der Waals surface area contributed by atoms with Crippen LogP contribution in [-0.2, 0) is 12.4 Å². The molecule has 3 nitrogen and oxygen atoms in total. The van der Waals surface area contributed by atoms with Crippen LogP contribution in [0.4, 0.5) is 26.3 Å². The predicted octanol–water partition coefficient (Wildman–Crippen LogP) is 6.97. The van der Waals surface area contributed by atoms with E-state index in [1.807, 2.05) is 0 Å². The van der Waals surface area contributed by atoms with E-state index in [0.29, 0.717) is 26.6 Å². The minimum absolute atomic E-state index is 0.0334. The summed E-state index contributed by atoms with van der Waals surface area (Å²) >= 11 is 6.51. The maximum atomic E-state index is 13.0. The maximum Gasteiger partial charge on any atom is 0.416 e. The molecule has 0 bridgehead atoms. The van der Waals surface area contributed by atoms with E-state index in [-0.39, 0.29) is 12.0 Å². The minimum atomic E-state index is -4.97. The standard InChI is InChI=1S/C16H6Br2F6N2O/c17-10-1-2-12(18)11(6-10)14-26-25-13(27-14)7-3-8(15(19,20)21)5-9(4-7)16(22,23)24/h1-6H. The van der Waals surface area contributed by atoms with Crippen LogP contribution in [0.2, 0.25) is 0 Å². The Morgan fingerprint density at radius 2 is 1.30 bits per heavy atom. The summed E-state index contributed by atoms with van der Waals surface area (Å²) in [7, 11) is 0. The molecule has 0 N–H and O–H groups in total. The molecule has 0 aliphatic heterocycles. The normalized spacial score (nSPS) is 12.4. The largest absolute Gasteiger partial charge is 0.416 e. The number of hydrogen-bond donors (Lipinski definition) is 0. The van der Waals surface area contributed by atoms with Gasteiger partial charge in [-0.25, -0.2) is 0 Å². The van der Waals surface area contributed by atoms with Crippen molar-refractivity contribution in [2.45, 2.75) is 12.4 Å². The van der Waals surface area contributed by atoms with Crippen molar-refractivity contribution in [3.8, 4) is 22.9 Å². The van der Waals surface area contributed by atoms with Gasteiger partial charge in [0, 0.05) is 14.5 Å². The van der Waals surface area contributed by atoms with Crippen LogP contribution in [0.5, 0.6) is 0 Å². The molecule has 2 aromatic carbocycles. The second-order valence-corrected chi connectivity index (χ2v) is 7.10. The van der Waals surface area contributed by atoms with Crippen molar-refractivity contribution >= 4 is 31.9 Å². The summed E-state index contributed by atoms with van der Waals surface area (Å²) in [5.74, 6) is -0.530. The SMILES string of the molecule is FC(F)(F)c1cc(-c2nnc(-c3cc(Br)ccc3Br)o2)cc(C(F)(F)F)c1. The minimum Gasteiger partial charge on any atom is -0.416 e. The molecule has 27 heavy (non-hydrogen) atoms. The van der Waals surface area contributed by atoms with E-state index in [9.17, 15) is 26.3 Å². The molecule has 11 heteroatoms. The number of alkyl halides is 6. The first kappa shape index (κ1) is 19.9. The molecular weight excluding hydrogens is 510 g/mol. The molecule has 0 atom stereocenters. The Morgan fingerprint density at radius 1 is 0.741 bits per heavy atom. The third-order valence-corrected chi connectivity index (χ3v) is 4.60. The van der Waals surface area contributed by atoms with Gasteiger partial charge in [-0.2, -0.15) is 26.3 Å². The lowest BCUT2D eigenvalue weighted by atomic mass is 10.0. The summed E-state index contributed by atoms with van der Waals surface area (Å²) in [6, 6.07) is 6.08. The number of benzene rings is 2. The van der Waals surface area contributed by atoms with Crippen molar-refractivity contribution in [3.63, 3.8) is 0 Å². The molecule has 0 saturated carbocycles. The van der Waals surface area contributed by atoms with E-state index in [0.717, 1.165) is 0 Å². The van der Waals surface area contributed by atoms with Gasteiger partial charge in [-0.3, -0.25) is 0 Å². The number of aromatic nitrogens is 2. The molecule has 0 unspecified atom stereocenters. The highest BCUT2D eigenvalue weighted by molar-refractivity contribution is 9.11. The monoisotopic (exact) mass is 514 g/mol. The van der Waals surface area contributed by atoms with Gasteiger partial charge in [0.15, 0.2) is 0 Å². The molecule has 0 radical (unpaired) electrons. The van der Waals surface area contributed by atoms with E-state index in [2.05, 4.69) is 42.1 Å². The third kappa shape index (κ3) is 4.34. The number of halogens is 8. The zero-order valence-corrected chi connectivity index (χ0v) is 16.0. The van der Waals surface area contributed by atoms with E-state index >= 15 is 0 Å². The summed E-state index contributed by atoms with van der Waals surface area (Å²) in [6.07, 6.45) is -9.93. The fraction of sp³-hybridized carbons (Fsp3) is 0.125. The second-order valence-electron chi connectivity index (χ2n) is 5.33. The summed E-state index contributed by atoms with van der Waals surface area (Å²) in [5, 5.41) is 7.31. The quantitative estimate of drug-likeness (QED) is 0.346. The van der Waals surface area contributed by atoms with Crippen molar-refractivity contribution in [3.05, 3.63) is 56.5 Å². The molecule has 3 rings (SSSR count). The number of nitrogens with zero attached hydrogens (tertiary/aromatic N) is 2. The highest BCUT2D eigenvalue weighted by Gasteiger charge is 2.37. The molecule has 0 aliphatic rings. The molecule has 142 valence electrons. The topological polar surface area (TPSA) is 38.9 Å². The van der Waals surface area contributed by atoms with E-state index in [1.54, 1.807) is 18.2 Å². The van der Waals surface area contributed by atoms with Crippen LogP contribution in [0.3, 0.4) is 0 Å². The van der Waals surface area contributed by atoms with E-state index < -0.39 is 34.9 Å². The van der Waals surface area contributed by atoms with Crippen LogP contribution >= 0.6 is 31.9 Å². The fourth-order valence-electron chi connectivity index (χ4n) is 2.19. The highest BCUT2D eigenvalue weighted by atomic mass is 79.9. The van der Waals surface area contributed by atoms with E-state index in [1.165, 1.54) is 0 Å². The van der Waals surface area contributed by atoms with Crippen molar-refractivity contribution in [2.24, 2.45) is 0 Å². The first-order valence-electron chi connectivity index (χ1n) is 7.04. The summed E-state index contributed by atoms with van der Waals surface area (Å²) in [6.45, 7) is 0. The average molecular weight is 516 g/mol.